The van der Waals surface area contributed by atoms with Gasteiger partial charge < -0.3 is 29.5 Å². The highest BCUT2D eigenvalue weighted by atomic mass is 19.1. The van der Waals surface area contributed by atoms with Crippen LogP contribution in [0.25, 0.3) is 0 Å². The Kier molecular flexibility index (Phi) is 7.59. The maximum absolute atomic E-state index is 16.3. The van der Waals surface area contributed by atoms with Crippen molar-refractivity contribution in [2.24, 2.45) is 28.6 Å². The summed E-state index contributed by atoms with van der Waals surface area (Å²) in [7, 11) is 0. The second-order valence-corrected chi connectivity index (χ2v) is 14.2. The van der Waals surface area contributed by atoms with Crippen LogP contribution in [0.2, 0.25) is 0 Å². The zero-order chi connectivity index (χ0) is 33.5. The fourth-order valence-corrected chi connectivity index (χ4v) is 9.90. The van der Waals surface area contributed by atoms with Crippen molar-refractivity contribution in [3.8, 4) is 5.75 Å². The fraction of sp³-hybridized carbons (Fsp3) is 0.486. The smallest absolute Gasteiger partial charge is 0.336 e. The van der Waals surface area contributed by atoms with E-state index < -0.39 is 59.1 Å². The Labute approximate surface area is 272 Å². The van der Waals surface area contributed by atoms with Gasteiger partial charge in [-0.25, -0.2) is 9.18 Å². The molecule has 4 fully saturated rings. The first-order chi connectivity index (χ1) is 22.4. The first-order valence-corrected chi connectivity index (χ1v) is 16.2. The molecule has 2 unspecified atom stereocenters. The Hall–Kier alpha value is -3.70. The minimum Gasteiger partial charge on any atom is -0.486 e. The van der Waals surface area contributed by atoms with Gasteiger partial charge in [-0.15, -0.1) is 0 Å². The van der Waals surface area contributed by atoms with Crippen LogP contribution in [0.3, 0.4) is 0 Å². The van der Waals surface area contributed by atoms with Gasteiger partial charge in [-0.05, 0) is 74.3 Å². The number of carbonyl (C=O) groups excluding carboxylic acids is 2. The number of Topliss-reactive ketones (excluding diaryl/α,β-unsaturated/α-hetero) is 1. The molecule has 2 aromatic rings. The van der Waals surface area contributed by atoms with E-state index >= 15 is 4.39 Å². The van der Waals surface area contributed by atoms with E-state index in [0.717, 1.165) is 12.0 Å². The minimum absolute atomic E-state index is 0.00718. The lowest BCUT2D eigenvalue weighted by atomic mass is 9.46. The Bertz CT molecular complexity index is 1730. The van der Waals surface area contributed by atoms with Gasteiger partial charge in [0.05, 0.1) is 23.3 Å². The monoisotopic (exact) mass is 646 g/mol. The summed E-state index contributed by atoms with van der Waals surface area (Å²) in [5, 5.41) is 31.7. The van der Waals surface area contributed by atoms with Crippen LogP contribution >= 0.6 is 0 Å². The molecule has 5 aliphatic rings. The van der Waals surface area contributed by atoms with Crippen molar-refractivity contribution in [3.05, 3.63) is 88.3 Å². The van der Waals surface area contributed by atoms with Crippen molar-refractivity contribution < 1.29 is 48.3 Å². The van der Waals surface area contributed by atoms with Crippen LogP contribution in [0.4, 0.5) is 4.39 Å². The van der Waals surface area contributed by atoms with Crippen LogP contribution in [0, 0.1) is 41.3 Å². The molecule has 47 heavy (non-hydrogen) atoms. The van der Waals surface area contributed by atoms with Crippen LogP contribution < -0.4 is 4.74 Å². The maximum Gasteiger partial charge on any atom is 0.336 e. The van der Waals surface area contributed by atoms with E-state index in [1.54, 1.807) is 43.3 Å². The van der Waals surface area contributed by atoms with E-state index in [9.17, 15) is 29.7 Å². The summed E-state index contributed by atoms with van der Waals surface area (Å²) < 4.78 is 35.1. The summed E-state index contributed by atoms with van der Waals surface area (Å²) in [6, 6.07) is 9.42. The second kappa shape index (κ2) is 11.2. The summed E-state index contributed by atoms with van der Waals surface area (Å²) in [5.74, 6) is -2.91. The molecular formula is C37H39FO9. The maximum atomic E-state index is 16.3. The van der Waals surface area contributed by atoms with E-state index in [2.05, 4.69) is 6.92 Å². The van der Waals surface area contributed by atoms with Gasteiger partial charge in [-0.2, -0.15) is 0 Å². The van der Waals surface area contributed by atoms with Crippen LogP contribution in [0.5, 0.6) is 5.75 Å². The van der Waals surface area contributed by atoms with Gasteiger partial charge in [0.25, 0.3) is 0 Å². The first kappa shape index (κ1) is 31.9. The second-order valence-electron chi connectivity index (χ2n) is 14.2. The lowest BCUT2D eigenvalue weighted by Gasteiger charge is -2.59. The number of aromatic carboxylic acids is 1. The standard InChI is InChI=1S/C37H39FO9/c1-19-8-11-27(45-18-20-6-4-5-7-23(20)33(43)44)32(38)30(19)34-46-29-15-25-24-10-9-21-14-22(40)12-13-35(21,2)31(24)26(41)16-36(25,3)37(29,47-34)28(42)17-39/h4-8,11-14,24-26,29,31,34,39,41H,9-10,15-18H2,1-3H3,(H,43,44)/t24-,25?,26-,29+,31?,34-,35-,36-,37+/m0/s1. The number of aliphatic hydroxyl groups is 2. The molecule has 248 valence electrons. The predicted molar refractivity (Wildman–Crippen MR) is 166 cm³/mol. The van der Waals surface area contributed by atoms with Gasteiger partial charge in [0.15, 0.2) is 35.0 Å². The largest absolute Gasteiger partial charge is 0.486 e. The molecule has 4 aliphatic carbocycles. The number of benzene rings is 2. The highest BCUT2D eigenvalue weighted by Crippen LogP contribution is 2.70. The molecule has 0 amide bonds. The van der Waals surface area contributed by atoms with Crippen molar-refractivity contribution >= 4 is 17.5 Å². The normalized spacial score (nSPS) is 37.0. The van der Waals surface area contributed by atoms with Crippen LogP contribution in [-0.4, -0.2) is 57.3 Å². The van der Waals surface area contributed by atoms with Crippen molar-refractivity contribution in [1.82, 2.24) is 0 Å². The summed E-state index contributed by atoms with van der Waals surface area (Å²) >= 11 is 0. The zero-order valence-electron chi connectivity index (χ0n) is 26.6. The molecule has 0 spiro atoms. The number of carboxylic acids is 1. The highest BCUT2D eigenvalue weighted by molar-refractivity contribution is 6.01. The molecule has 1 heterocycles. The van der Waals surface area contributed by atoms with Gasteiger partial charge in [0.1, 0.15) is 13.2 Å². The molecule has 7 rings (SSSR count). The van der Waals surface area contributed by atoms with Gasteiger partial charge >= 0.3 is 5.97 Å². The van der Waals surface area contributed by atoms with Crippen LogP contribution in [0.1, 0.15) is 72.9 Å². The van der Waals surface area contributed by atoms with Crippen molar-refractivity contribution in [3.63, 3.8) is 0 Å². The summed E-state index contributed by atoms with van der Waals surface area (Å²) in [5.41, 5.74) is -1.07. The molecule has 1 saturated heterocycles. The molecule has 1 aliphatic heterocycles. The molecule has 3 saturated carbocycles. The number of hydrogen-bond acceptors (Lipinski definition) is 8. The Balaban J connectivity index is 1.21. The lowest BCUT2D eigenvalue weighted by Crippen LogP contribution is -2.63. The number of hydrogen-bond donors (Lipinski definition) is 3. The number of ketones is 2. The zero-order valence-corrected chi connectivity index (χ0v) is 26.6. The van der Waals surface area contributed by atoms with Crippen molar-refractivity contribution in [2.45, 2.75) is 77.2 Å². The van der Waals surface area contributed by atoms with E-state index in [0.29, 0.717) is 24.0 Å². The molecule has 3 N–H and O–H groups in total. The van der Waals surface area contributed by atoms with Gasteiger partial charge in [-0.1, -0.05) is 49.8 Å². The molecular weight excluding hydrogens is 607 g/mol. The number of ether oxygens (including phenoxy) is 3. The van der Waals surface area contributed by atoms with E-state index in [1.807, 2.05) is 13.0 Å². The molecule has 0 aromatic heterocycles. The predicted octanol–water partition coefficient (Wildman–Crippen LogP) is 5.01. The van der Waals surface area contributed by atoms with Crippen LogP contribution in [0.15, 0.2) is 60.2 Å². The number of rotatable bonds is 7. The quantitative estimate of drug-likeness (QED) is 0.379. The topological polar surface area (TPSA) is 140 Å². The fourth-order valence-electron chi connectivity index (χ4n) is 9.90. The Morgan fingerprint density at radius 3 is 2.66 bits per heavy atom. The van der Waals surface area contributed by atoms with Gasteiger partial charge in [0.2, 0.25) is 0 Å². The lowest BCUT2D eigenvalue weighted by molar-refractivity contribution is -0.201. The number of carboxylic acid groups (broad SMARTS) is 1. The molecule has 2 aromatic carbocycles. The summed E-state index contributed by atoms with van der Waals surface area (Å²) in [4.78, 5) is 37.7. The number of halogens is 1. The molecule has 0 radical (unpaired) electrons. The first-order valence-electron chi connectivity index (χ1n) is 16.2. The Morgan fingerprint density at radius 1 is 1.15 bits per heavy atom. The third-order valence-electron chi connectivity index (χ3n) is 12.0. The van der Waals surface area contributed by atoms with E-state index in [4.69, 9.17) is 14.2 Å². The Morgan fingerprint density at radius 2 is 1.91 bits per heavy atom. The van der Waals surface area contributed by atoms with E-state index in [1.165, 1.54) is 12.1 Å². The third-order valence-corrected chi connectivity index (χ3v) is 12.0. The number of aryl methyl sites for hydroxylation is 1. The minimum atomic E-state index is -1.63. The van der Waals surface area contributed by atoms with Crippen molar-refractivity contribution in [2.75, 3.05) is 6.61 Å². The van der Waals surface area contributed by atoms with Gasteiger partial charge in [0, 0.05) is 22.3 Å². The van der Waals surface area contributed by atoms with Gasteiger partial charge in [-0.3, -0.25) is 9.59 Å². The highest BCUT2D eigenvalue weighted by Gasteiger charge is 2.76. The number of allylic oxidation sites excluding steroid dienone is 4. The molecule has 9 nitrogen and oxygen atoms in total. The molecule has 0 bridgehead atoms. The van der Waals surface area contributed by atoms with Crippen LogP contribution in [-0.2, 0) is 25.7 Å². The van der Waals surface area contributed by atoms with Crippen molar-refractivity contribution in [1.29, 1.82) is 0 Å². The SMILES string of the molecule is Cc1ccc(OCc2ccccc2C(=O)O)c(F)c1[C@H]1O[C@@H]2CC3[C@@H]4CCC5=CC(=O)C=C[C@]5(C)C4[C@@H](O)C[C@]3(C)[C@]2(C(=O)CO)O1. The average molecular weight is 647 g/mol. The average Bonchev–Trinajstić information content (AvgIpc) is 3.53. The third kappa shape index (κ3) is 4.52. The summed E-state index contributed by atoms with van der Waals surface area (Å²) in [6.45, 7) is 4.69. The number of fused-ring (bicyclic) bond motifs is 7. The molecule has 10 heteroatoms. The number of aliphatic hydroxyl groups excluding tert-OH is 2. The number of carbonyl (C=O) groups is 3. The molecule has 9 atom stereocenters. The van der Waals surface area contributed by atoms with E-state index in [-0.39, 0.29) is 53.4 Å². The summed E-state index contributed by atoms with van der Waals surface area (Å²) in [6.07, 6.45) is 4.30.